The topological polar surface area (TPSA) is 50.0 Å². The van der Waals surface area contributed by atoms with Gasteiger partial charge in [0.05, 0.1) is 28.4 Å². The van der Waals surface area contributed by atoms with E-state index in [-0.39, 0.29) is 0 Å². The SMILES string of the molecule is COc1ccc(/C=C\c2cc(OC)c(OC)c(OC)c2)cc1OCC[n+]1ccccc1. The molecule has 6 heteroatoms. The number of nitrogens with zero attached hydrogens (tertiary/aromatic N) is 1. The molecule has 0 bridgehead atoms. The van der Waals surface area contributed by atoms with Gasteiger partial charge in [0.1, 0.15) is 6.61 Å². The molecule has 0 spiro atoms. The molecule has 0 saturated heterocycles. The Labute approximate surface area is 183 Å². The molecule has 0 radical (unpaired) electrons. The van der Waals surface area contributed by atoms with Crippen molar-refractivity contribution in [3.8, 4) is 28.7 Å². The normalized spacial score (nSPS) is 10.7. The van der Waals surface area contributed by atoms with Gasteiger partial charge in [-0.05, 0) is 35.4 Å². The van der Waals surface area contributed by atoms with Gasteiger partial charge < -0.3 is 23.7 Å². The van der Waals surface area contributed by atoms with Crippen molar-refractivity contribution in [2.75, 3.05) is 35.0 Å². The maximum absolute atomic E-state index is 5.99. The second kappa shape index (κ2) is 10.9. The molecular weight excluding hydrogens is 394 g/mol. The molecule has 3 aromatic rings. The van der Waals surface area contributed by atoms with Crippen molar-refractivity contribution in [2.24, 2.45) is 0 Å². The van der Waals surface area contributed by atoms with Crippen molar-refractivity contribution >= 4 is 12.2 Å². The van der Waals surface area contributed by atoms with E-state index in [0.717, 1.165) is 17.7 Å². The first kappa shape index (κ1) is 22.0. The van der Waals surface area contributed by atoms with Crippen molar-refractivity contribution < 1.29 is 28.3 Å². The molecule has 0 unspecified atom stereocenters. The van der Waals surface area contributed by atoms with Gasteiger partial charge in [0.25, 0.3) is 0 Å². The van der Waals surface area contributed by atoms with Gasteiger partial charge in [-0.15, -0.1) is 0 Å². The van der Waals surface area contributed by atoms with E-state index in [1.165, 1.54) is 0 Å². The van der Waals surface area contributed by atoms with Crippen LogP contribution in [-0.4, -0.2) is 35.0 Å². The summed E-state index contributed by atoms with van der Waals surface area (Å²) in [7, 11) is 6.43. The Balaban J connectivity index is 1.77. The number of ether oxygens (including phenoxy) is 5. The summed E-state index contributed by atoms with van der Waals surface area (Å²) < 4.78 is 29.7. The zero-order chi connectivity index (χ0) is 22.1. The first-order valence-corrected chi connectivity index (χ1v) is 9.91. The van der Waals surface area contributed by atoms with Crippen molar-refractivity contribution in [1.29, 1.82) is 0 Å². The maximum atomic E-state index is 5.99. The molecule has 3 rings (SSSR count). The second-order valence-corrected chi connectivity index (χ2v) is 6.66. The molecule has 162 valence electrons. The van der Waals surface area contributed by atoms with Gasteiger partial charge in [0.2, 0.25) is 5.75 Å². The molecule has 0 aliphatic heterocycles. The lowest BCUT2D eigenvalue weighted by molar-refractivity contribution is -0.697. The smallest absolute Gasteiger partial charge is 0.203 e. The van der Waals surface area contributed by atoms with E-state index in [2.05, 4.69) is 4.57 Å². The second-order valence-electron chi connectivity index (χ2n) is 6.66. The number of hydrogen-bond donors (Lipinski definition) is 0. The molecule has 0 amide bonds. The van der Waals surface area contributed by atoms with Gasteiger partial charge in [-0.1, -0.05) is 24.3 Å². The predicted molar refractivity (Wildman–Crippen MR) is 120 cm³/mol. The number of methoxy groups -OCH3 is 4. The molecular formula is C25H28NO5+. The fourth-order valence-corrected chi connectivity index (χ4v) is 3.14. The van der Waals surface area contributed by atoms with Crippen LogP contribution < -0.4 is 28.3 Å². The fourth-order valence-electron chi connectivity index (χ4n) is 3.14. The number of hydrogen-bond acceptors (Lipinski definition) is 5. The monoisotopic (exact) mass is 422 g/mol. The molecule has 0 aliphatic rings. The average molecular weight is 423 g/mol. The highest BCUT2D eigenvalue weighted by molar-refractivity contribution is 5.73. The average Bonchev–Trinajstić information content (AvgIpc) is 2.82. The van der Waals surface area contributed by atoms with Crippen molar-refractivity contribution in [3.63, 3.8) is 0 Å². The minimum absolute atomic E-state index is 0.533. The van der Waals surface area contributed by atoms with Crippen LogP contribution in [0.25, 0.3) is 12.2 Å². The third kappa shape index (κ3) is 5.69. The Morgan fingerprint density at radius 3 is 1.90 bits per heavy atom. The third-order valence-electron chi connectivity index (χ3n) is 4.73. The van der Waals surface area contributed by atoms with Crippen LogP contribution >= 0.6 is 0 Å². The first-order chi connectivity index (χ1) is 15.2. The van der Waals surface area contributed by atoms with Crippen LogP contribution in [0.1, 0.15) is 11.1 Å². The maximum Gasteiger partial charge on any atom is 0.203 e. The van der Waals surface area contributed by atoms with Crippen LogP contribution in [0.2, 0.25) is 0 Å². The van der Waals surface area contributed by atoms with E-state index in [4.69, 9.17) is 23.7 Å². The highest BCUT2D eigenvalue weighted by Gasteiger charge is 2.12. The van der Waals surface area contributed by atoms with Gasteiger partial charge in [-0.2, -0.15) is 0 Å². The molecule has 6 nitrogen and oxygen atoms in total. The van der Waals surface area contributed by atoms with E-state index in [1.807, 2.05) is 73.1 Å². The van der Waals surface area contributed by atoms with Gasteiger partial charge in [0, 0.05) is 12.1 Å². The molecule has 31 heavy (non-hydrogen) atoms. The molecule has 0 N–H and O–H groups in total. The van der Waals surface area contributed by atoms with Gasteiger partial charge in [-0.25, -0.2) is 4.57 Å². The molecule has 0 atom stereocenters. The molecule has 2 aromatic carbocycles. The zero-order valence-corrected chi connectivity index (χ0v) is 18.3. The molecule has 1 aromatic heterocycles. The van der Waals surface area contributed by atoms with E-state index in [0.29, 0.717) is 35.4 Å². The Bertz CT molecular complexity index is 993. The van der Waals surface area contributed by atoms with Crippen molar-refractivity contribution in [3.05, 3.63) is 72.1 Å². The lowest BCUT2D eigenvalue weighted by Crippen LogP contribution is -2.35. The molecule has 0 fully saturated rings. The third-order valence-corrected chi connectivity index (χ3v) is 4.73. The standard InChI is InChI=1S/C25H28NO5/c1-27-21-11-10-19(16-22(21)31-15-14-26-12-6-5-7-13-26)8-9-20-17-23(28-2)25(30-4)24(18-20)29-3/h5-13,16-18H,14-15H2,1-4H3/q+1/b9-8-. The van der Waals surface area contributed by atoms with Crippen molar-refractivity contribution in [2.45, 2.75) is 6.54 Å². The van der Waals surface area contributed by atoms with E-state index in [1.54, 1.807) is 28.4 Å². The van der Waals surface area contributed by atoms with Crippen LogP contribution in [0, 0.1) is 0 Å². The van der Waals surface area contributed by atoms with E-state index in [9.17, 15) is 0 Å². The summed E-state index contributed by atoms with van der Waals surface area (Å²) in [5.41, 5.74) is 1.91. The summed E-state index contributed by atoms with van der Waals surface area (Å²) in [6.07, 6.45) is 8.00. The number of benzene rings is 2. The summed E-state index contributed by atoms with van der Waals surface area (Å²) >= 11 is 0. The van der Waals surface area contributed by atoms with Crippen LogP contribution in [0.3, 0.4) is 0 Å². The number of pyridine rings is 1. The minimum atomic E-state index is 0.533. The summed E-state index contributed by atoms with van der Waals surface area (Å²) in [5.74, 6) is 3.19. The minimum Gasteiger partial charge on any atom is -0.493 e. The van der Waals surface area contributed by atoms with E-state index < -0.39 is 0 Å². The van der Waals surface area contributed by atoms with E-state index >= 15 is 0 Å². The Morgan fingerprint density at radius 1 is 0.677 bits per heavy atom. The summed E-state index contributed by atoms with van der Waals surface area (Å²) in [6, 6.07) is 15.6. The van der Waals surface area contributed by atoms with Gasteiger partial charge in [-0.3, -0.25) is 0 Å². The molecule has 1 heterocycles. The van der Waals surface area contributed by atoms with Crippen LogP contribution in [0.15, 0.2) is 60.9 Å². The quantitative estimate of drug-likeness (QED) is 0.361. The predicted octanol–water partition coefficient (Wildman–Crippen LogP) is 4.26. The first-order valence-electron chi connectivity index (χ1n) is 9.91. The Kier molecular flexibility index (Phi) is 7.76. The Hall–Kier alpha value is -3.67. The highest BCUT2D eigenvalue weighted by atomic mass is 16.5. The molecule has 0 aliphatic carbocycles. The lowest BCUT2D eigenvalue weighted by atomic mass is 10.1. The van der Waals surface area contributed by atoms with Crippen LogP contribution in [-0.2, 0) is 6.54 Å². The van der Waals surface area contributed by atoms with Gasteiger partial charge >= 0.3 is 0 Å². The van der Waals surface area contributed by atoms with Crippen LogP contribution in [0.5, 0.6) is 28.7 Å². The van der Waals surface area contributed by atoms with Gasteiger partial charge in [0.15, 0.2) is 41.9 Å². The largest absolute Gasteiger partial charge is 0.493 e. The zero-order valence-electron chi connectivity index (χ0n) is 18.3. The summed E-state index contributed by atoms with van der Waals surface area (Å²) in [6.45, 7) is 1.28. The van der Waals surface area contributed by atoms with Crippen molar-refractivity contribution in [1.82, 2.24) is 0 Å². The van der Waals surface area contributed by atoms with Crippen LogP contribution in [0.4, 0.5) is 0 Å². The number of rotatable bonds is 10. The summed E-state index contributed by atoms with van der Waals surface area (Å²) in [4.78, 5) is 0. The summed E-state index contributed by atoms with van der Waals surface area (Å²) in [5, 5.41) is 0. The fraction of sp³-hybridized carbons (Fsp3) is 0.240. The highest BCUT2D eigenvalue weighted by Crippen LogP contribution is 2.38. The number of aromatic nitrogens is 1. The lowest BCUT2D eigenvalue weighted by Gasteiger charge is -2.13. The Morgan fingerprint density at radius 2 is 1.29 bits per heavy atom. The molecule has 0 saturated carbocycles.